The van der Waals surface area contributed by atoms with Crippen molar-refractivity contribution in [3.05, 3.63) is 0 Å². The molecule has 0 saturated carbocycles. The summed E-state index contributed by atoms with van der Waals surface area (Å²) in [7, 11) is -9.92. The molecule has 0 saturated heterocycles. The Kier molecular flexibility index (Phi) is 69.6. The van der Waals surface area contributed by atoms with Crippen LogP contribution in [-0.2, 0) is 65.4 Å². The maximum absolute atomic E-state index is 13.1. The molecule has 0 radical (unpaired) electrons. The maximum Gasteiger partial charge on any atom is 0.472 e. The summed E-state index contributed by atoms with van der Waals surface area (Å²) in [5, 5.41) is 10.6. The Hall–Kier alpha value is -1.94. The van der Waals surface area contributed by atoms with Crippen LogP contribution in [0.25, 0.3) is 0 Å². The van der Waals surface area contributed by atoms with Gasteiger partial charge in [-0.15, -0.1) is 0 Å². The largest absolute Gasteiger partial charge is 0.472 e. The Labute approximate surface area is 619 Å². The highest BCUT2D eigenvalue weighted by molar-refractivity contribution is 7.47. The van der Waals surface area contributed by atoms with Gasteiger partial charge >= 0.3 is 39.5 Å². The zero-order valence-corrected chi connectivity index (χ0v) is 68.3. The van der Waals surface area contributed by atoms with Crippen LogP contribution >= 0.6 is 15.6 Å². The summed E-state index contributed by atoms with van der Waals surface area (Å²) in [6.45, 7) is 14.3. The summed E-state index contributed by atoms with van der Waals surface area (Å²) in [5.41, 5.74) is 0. The molecule has 0 aliphatic rings. The Morgan fingerprint density at radius 1 is 0.277 bits per heavy atom. The second kappa shape index (κ2) is 71.0. The fourth-order valence-corrected chi connectivity index (χ4v) is 14.1. The second-order valence-electron chi connectivity index (χ2n) is 31.0. The van der Waals surface area contributed by atoms with Crippen molar-refractivity contribution in [2.24, 2.45) is 23.7 Å². The van der Waals surface area contributed by atoms with E-state index in [0.29, 0.717) is 31.6 Å². The zero-order valence-electron chi connectivity index (χ0n) is 66.5. The number of phosphoric ester groups is 2. The van der Waals surface area contributed by atoms with E-state index in [1.54, 1.807) is 0 Å². The molecule has 0 amide bonds. The molecule has 3 N–H and O–H groups in total. The molecule has 0 fully saturated rings. The van der Waals surface area contributed by atoms with Crippen LogP contribution in [0.4, 0.5) is 0 Å². The number of esters is 4. The predicted molar refractivity (Wildman–Crippen MR) is 414 cm³/mol. The lowest BCUT2D eigenvalue weighted by Gasteiger charge is -2.21. The molecule has 17 nitrogen and oxygen atoms in total. The highest BCUT2D eigenvalue weighted by Gasteiger charge is 2.30. The first-order valence-corrected chi connectivity index (χ1v) is 45.3. The highest BCUT2D eigenvalue weighted by Crippen LogP contribution is 2.45. The molecule has 0 heterocycles. The standard InChI is InChI=1S/C82H160O17P2/c1-9-74(7)60-52-44-35-29-23-19-15-13-11-12-14-16-20-24-32-38-48-56-64-82(87)99-78(69-93-80(85)63-55-47-41-40-43-51-59-73(5)6)71-97-101(90,91)95-67-76(83)66-94-100(88,89)96-70-77(68-92-79(84)62-54-46-37-31-27-26-30-36-45-53-61-75(8)10-2)98-81(86)65-57-49-39-33-25-21-17-18-22-28-34-42-50-58-72(3)4/h72-78,83H,9-71H2,1-8H3,(H,88,89)(H,90,91)/t74?,75?,76-,77-,78-/m1/s1. The van der Waals surface area contributed by atoms with Crippen molar-refractivity contribution in [3.63, 3.8) is 0 Å². The molecule has 4 unspecified atom stereocenters. The van der Waals surface area contributed by atoms with E-state index in [1.807, 2.05) is 0 Å². The third-order valence-electron chi connectivity index (χ3n) is 19.8. The van der Waals surface area contributed by atoms with Crippen molar-refractivity contribution in [2.75, 3.05) is 39.6 Å². The summed E-state index contributed by atoms with van der Waals surface area (Å²) >= 11 is 0. The van der Waals surface area contributed by atoms with E-state index in [1.165, 1.54) is 218 Å². The van der Waals surface area contributed by atoms with E-state index in [0.717, 1.165) is 114 Å². The molecule has 0 aromatic rings. The number of hydrogen-bond acceptors (Lipinski definition) is 15. The number of unbranched alkanes of at least 4 members (excludes halogenated alkanes) is 43. The molecule has 7 atom stereocenters. The third kappa shape index (κ3) is 73.4. The fourth-order valence-electron chi connectivity index (χ4n) is 12.5. The molecule has 0 aromatic carbocycles. The summed E-state index contributed by atoms with van der Waals surface area (Å²) in [4.78, 5) is 73.0. The van der Waals surface area contributed by atoms with E-state index in [-0.39, 0.29) is 25.7 Å². The van der Waals surface area contributed by atoms with Crippen molar-refractivity contribution in [1.29, 1.82) is 0 Å². The van der Waals surface area contributed by atoms with Crippen LogP contribution in [0.2, 0.25) is 0 Å². The molecule has 0 aromatic heterocycles. The van der Waals surface area contributed by atoms with Crippen LogP contribution in [0.1, 0.15) is 421 Å². The van der Waals surface area contributed by atoms with Crippen LogP contribution in [0.15, 0.2) is 0 Å². The molecule has 101 heavy (non-hydrogen) atoms. The van der Waals surface area contributed by atoms with Crippen molar-refractivity contribution in [2.45, 2.75) is 440 Å². The van der Waals surface area contributed by atoms with E-state index >= 15 is 0 Å². The number of phosphoric acid groups is 2. The summed E-state index contributed by atoms with van der Waals surface area (Å²) in [6, 6.07) is 0. The highest BCUT2D eigenvalue weighted by atomic mass is 31.2. The summed E-state index contributed by atoms with van der Waals surface area (Å²) in [5.74, 6) is 1.03. The fraction of sp³-hybridized carbons (Fsp3) is 0.951. The third-order valence-corrected chi connectivity index (χ3v) is 21.7. The SMILES string of the molecule is CCC(C)CCCCCCCCCCCCCCCCCCCCC(=O)O[C@H](COC(=O)CCCCCCCCC(C)C)COP(=O)(O)OC[C@H](O)COP(=O)(O)OC[C@@H](COC(=O)CCCCCCCCCCCCC(C)CC)OC(=O)CCCCCCCCCCCCCCCC(C)C. The minimum absolute atomic E-state index is 0.107. The van der Waals surface area contributed by atoms with Gasteiger partial charge in [0, 0.05) is 25.7 Å². The first-order valence-electron chi connectivity index (χ1n) is 42.3. The van der Waals surface area contributed by atoms with Gasteiger partial charge in [-0.05, 0) is 49.4 Å². The van der Waals surface area contributed by atoms with Crippen molar-refractivity contribution >= 4 is 39.5 Å². The lowest BCUT2D eigenvalue weighted by atomic mass is 9.99. The first-order chi connectivity index (χ1) is 48.7. The van der Waals surface area contributed by atoms with Crippen molar-refractivity contribution in [1.82, 2.24) is 0 Å². The van der Waals surface area contributed by atoms with Crippen LogP contribution in [0.3, 0.4) is 0 Å². The van der Waals surface area contributed by atoms with Gasteiger partial charge in [0.15, 0.2) is 12.2 Å². The molecule has 0 aliphatic carbocycles. The van der Waals surface area contributed by atoms with E-state index < -0.39 is 97.5 Å². The van der Waals surface area contributed by atoms with Gasteiger partial charge < -0.3 is 33.8 Å². The molecular formula is C82H160O17P2. The van der Waals surface area contributed by atoms with E-state index in [4.69, 9.17) is 37.0 Å². The van der Waals surface area contributed by atoms with Crippen molar-refractivity contribution in [3.8, 4) is 0 Å². The Bertz CT molecular complexity index is 1980. The van der Waals surface area contributed by atoms with Crippen molar-refractivity contribution < 1.29 is 80.2 Å². The van der Waals surface area contributed by atoms with Gasteiger partial charge in [-0.2, -0.15) is 0 Å². The Morgan fingerprint density at radius 3 is 0.703 bits per heavy atom. The van der Waals surface area contributed by atoms with Crippen LogP contribution in [0, 0.1) is 23.7 Å². The van der Waals surface area contributed by atoms with Gasteiger partial charge in [-0.1, -0.05) is 370 Å². The molecular weight excluding hydrogens is 1320 g/mol. The number of hydrogen-bond donors (Lipinski definition) is 3. The number of carbonyl (C=O) groups excluding carboxylic acids is 4. The van der Waals surface area contributed by atoms with E-state index in [2.05, 4.69) is 55.4 Å². The number of rotatable bonds is 79. The van der Waals surface area contributed by atoms with Gasteiger partial charge in [0.1, 0.15) is 19.3 Å². The number of ether oxygens (including phenoxy) is 4. The predicted octanol–water partition coefficient (Wildman–Crippen LogP) is 24.4. The molecule has 19 heteroatoms. The number of aliphatic hydroxyl groups excluding tert-OH is 1. The van der Waals surface area contributed by atoms with Gasteiger partial charge in [-0.25, -0.2) is 9.13 Å². The molecule has 0 rings (SSSR count). The van der Waals surface area contributed by atoms with Crippen LogP contribution < -0.4 is 0 Å². The van der Waals surface area contributed by atoms with Crippen LogP contribution in [0.5, 0.6) is 0 Å². The lowest BCUT2D eigenvalue weighted by Crippen LogP contribution is -2.30. The van der Waals surface area contributed by atoms with Gasteiger partial charge in [0.05, 0.1) is 26.4 Å². The average Bonchev–Trinajstić information content (AvgIpc) is 0.922. The summed E-state index contributed by atoms with van der Waals surface area (Å²) < 4.78 is 68.7. The summed E-state index contributed by atoms with van der Waals surface area (Å²) in [6.07, 6.45) is 58.4. The minimum Gasteiger partial charge on any atom is -0.462 e. The Morgan fingerprint density at radius 2 is 0.475 bits per heavy atom. The monoisotopic (exact) mass is 1480 g/mol. The van der Waals surface area contributed by atoms with Gasteiger partial charge in [-0.3, -0.25) is 37.3 Å². The quantitative estimate of drug-likeness (QED) is 0.0222. The van der Waals surface area contributed by atoms with Gasteiger partial charge in [0.2, 0.25) is 0 Å². The van der Waals surface area contributed by atoms with E-state index in [9.17, 15) is 43.2 Å². The normalized spacial score (nSPS) is 14.5. The second-order valence-corrected chi connectivity index (χ2v) is 33.9. The number of aliphatic hydroxyl groups is 1. The molecule has 0 aliphatic heterocycles. The molecule has 0 bridgehead atoms. The topological polar surface area (TPSA) is 237 Å². The number of carbonyl (C=O) groups is 4. The first kappa shape index (κ1) is 99.1. The Balaban J connectivity index is 5.19. The zero-order chi connectivity index (χ0) is 74.6. The maximum atomic E-state index is 13.1. The minimum atomic E-state index is -4.96. The molecule has 600 valence electrons. The lowest BCUT2D eigenvalue weighted by molar-refractivity contribution is -0.161. The average molecular weight is 1480 g/mol. The van der Waals surface area contributed by atoms with Crippen LogP contribution in [-0.4, -0.2) is 96.7 Å². The molecule has 0 spiro atoms. The smallest absolute Gasteiger partial charge is 0.462 e. The van der Waals surface area contributed by atoms with Gasteiger partial charge in [0.25, 0.3) is 0 Å².